The Morgan fingerprint density at radius 2 is 1.32 bits per heavy atom. The van der Waals surface area contributed by atoms with Crippen molar-refractivity contribution in [2.75, 3.05) is 5.32 Å². The molecule has 0 aliphatic rings. The molecule has 1 atom stereocenters. The molecule has 0 radical (unpaired) electrons. The third-order valence-electron chi connectivity index (χ3n) is 3.50. The van der Waals surface area contributed by atoms with E-state index in [0.29, 0.717) is 12.1 Å². The lowest BCUT2D eigenvalue weighted by Gasteiger charge is -2.30. The summed E-state index contributed by atoms with van der Waals surface area (Å²) >= 11 is 0. The average Bonchev–Trinajstić information content (AvgIpc) is 2.53. The number of carbonyl (C=O) groups is 1. The van der Waals surface area contributed by atoms with Gasteiger partial charge in [-0.1, -0.05) is 30.3 Å². The molecule has 0 heterocycles. The summed E-state index contributed by atoms with van der Waals surface area (Å²) < 4.78 is 77.8. The molecule has 0 aliphatic carbocycles. The molecule has 0 aromatic heterocycles. The van der Waals surface area contributed by atoms with Gasteiger partial charge in [0.05, 0.1) is 5.56 Å². The molecule has 2 aromatic carbocycles. The third kappa shape index (κ3) is 3.76. The van der Waals surface area contributed by atoms with Crippen molar-refractivity contribution in [3.63, 3.8) is 0 Å². The molecular formula is C16H12F6N2O. The Hall–Kier alpha value is -2.55. The molecule has 25 heavy (non-hydrogen) atoms. The molecule has 0 bridgehead atoms. The molecule has 2 aromatic rings. The van der Waals surface area contributed by atoms with Crippen LogP contribution in [0.4, 0.5) is 32.0 Å². The van der Waals surface area contributed by atoms with E-state index < -0.39 is 34.9 Å². The van der Waals surface area contributed by atoms with Gasteiger partial charge < -0.3 is 11.1 Å². The Morgan fingerprint density at radius 3 is 1.76 bits per heavy atom. The van der Waals surface area contributed by atoms with Gasteiger partial charge in [-0.2, -0.15) is 26.3 Å². The van der Waals surface area contributed by atoms with Crippen LogP contribution in [0.1, 0.15) is 11.1 Å². The van der Waals surface area contributed by atoms with Gasteiger partial charge in [0.25, 0.3) is 5.91 Å². The van der Waals surface area contributed by atoms with Gasteiger partial charge in [0.2, 0.25) is 5.54 Å². The minimum absolute atomic E-state index is 0.243. The highest BCUT2D eigenvalue weighted by Gasteiger charge is 2.59. The van der Waals surface area contributed by atoms with E-state index >= 15 is 0 Å². The molecule has 0 spiro atoms. The van der Waals surface area contributed by atoms with Crippen LogP contribution in [0, 0.1) is 0 Å². The zero-order valence-electron chi connectivity index (χ0n) is 12.4. The lowest BCUT2D eigenvalue weighted by molar-refractivity contribution is -0.191. The number of hydrogen-bond acceptors (Lipinski definition) is 2. The second-order valence-electron chi connectivity index (χ2n) is 5.20. The smallest absolute Gasteiger partial charge is 0.324 e. The van der Waals surface area contributed by atoms with Gasteiger partial charge in [0.15, 0.2) is 0 Å². The van der Waals surface area contributed by atoms with Crippen molar-refractivity contribution in [3.8, 4) is 0 Å². The lowest BCUT2D eigenvalue weighted by atomic mass is 9.89. The zero-order chi connectivity index (χ0) is 18.9. The van der Waals surface area contributed by atoms with Crippen molar-refractivity contribution in [1.29, 1.82) is 0 Å². The van der Waals surface area contributed by atoms with Crippen LogP contribution in [0.5, 0.6) is 0 Å². The number of nitrogens with one attached hydrogen (secondary N) is 1. The van der Waals surface area contributed by atoms with Crippen LogP contribution in [-0.4, -0.2) is 12.1 Å². The summed E-state index contributed by atoms with van der Waals surface area (Å²) in [5, 5.41) is 1.91. The Bertz CT molecular complexity index is 740. The highest BCUT2D eigenvalue weighted by molar-refractivity contribution is 5.99. The Balaban J connectivity index is 2.33. The van der Waals surface area contributed by atoms with Crippen molar-refractivity contribution in [3.05, 3.63) is 65.7 Å². The number of anilines is 1. The van der Waals surface area contributed by atoms with Gasteiger partial charge in [-0.25, -0.2) is 0 Å². The zero-order valence-corrected chi connectivity index (χ0v) is 12.4. The van der Waals surface area contributed by atoms with Crippen LogP contribution in [0.2, 0.25) is 0 Å². The van der Waals surface area contributed by atoms with Gasteiger partial charge in [-0.15, -0.1) is 0 Å². The number of alkyl halides is 6. The van der Waals surface area contributed by atoms with Crippen molar-refractivity contribution in [2.45, 2.75) is 17.9 Å². The third-order valence-corrected chi connectivity index (χ3v) is 3.50. The van der Waals surface area contributed by atoms with Crippen LogP contribution in [-0.2, 0) is 16.5 Å². The normalized spacial score (nSPS) is 14.7. The summed E-state index contributed by atoms with van der Waals surface area (Å²) in [4.78, 5) is 12.2. The van der Waals surface area contributed by atoms with E-state index in [1.807, 2.05) is 5.32 Å². The molecular weight excluding hydrogens is 350 g/mol. The van der Waals surface area contributed by atoms with Crippen molar-refractivity contribution < 1.29 is 31.1 Å². The lowest BCUT2D eigenvalue weighted by Crippen LogP contribution is -2.58. The first-order chi connectivity index (χ1) is 11.5. The predicted molar refractivity (Wildman–Crippen MR) is 78.4 cm³/mol. The SMILES string of the molecule is NC(C(=O)Nc1ccc(C(F)(F)F)cc1)(c1ccccc1)C(F)(F)F. The van der Waals surface area contributed by atoms with Crippen molar-refractivity contribution in [2.24, 2.45) is 5.73 Å². The quantitative estimate of drug-likeness (QED) is 0.809. The number of halogens is 6. The van der Waals surface area contributed by atoms with Crippen LogP contribution >= 0.6 is 0 Å². The first-order valence-corrected chi connectivity index (χ1v) is 6.86. The minimum Gasteiger partial charge on any atom is -0.324 e. The first-order valence-electron chi connectivity index (χ1n) is 6.86. The maximum atomic E-state index is 13.4. The summed E-state index contributed by atoms with van der Waals surface area (Å²) in [6.45, 7) is 0. The largest absolute Gasteiger partial charge is 0.419 e. The van der Waals surface area contributed by atoms with Gasteiger partial charge in [-0.3, -0.25) is 4.79 Å². The highest BCUT2D eigenvalue weighted by atomic mass is 19.4. The summed E-state index contributed by atoms with van der Waals surface area (Å²) in [5.41, 5.74) is 0.287. The van der Waals surface area contributed by atoms with E-state index in [9.17, 15) is 31.1 Å². The van der Waals surface area contributed by atoms with Crippen LogP contribution in [0.15, 0.2) is 54.6 Å². The number of amides is 1. The second-order valence-corrected chi connectivity index (χ2v) is 5.20. The molecule has 9 heteroatoms. The maximum Gasteiger partial charge on any atom is 0.419 e. The highest BCUT2D eigenvalue weighted by Crippen LogP contribution is 2.38. The summed E-state index contributed by atoms with van der Waals surface area (Å²) in [7, 11) is 0. The van der Waals surface area contributed by atoms with E-state index in [0.717, 1.165) is 24.3 Å². The van der Waals surface area contributed by atoms with E-state index in [-0.39, 0.29) is 5.69 Å². The molecule has 3 N–H and O–H groups in total. The van der Waals surface area contributed by atoms with E-state index in [1.54, 1.807) is 0 Å². The van der Waals surface area contributed by atoms with Crippen LogP contribution in [0.25, 0.3) is 0 Å². The average molecular weight is 362 g/mol. The fourth-order valence-electron chi connectivity index (χ4n) is 2.10. The topological polar surface area (TPSA) is 55.1 Å². The molecule has 134 valence electrons. The Kier molecular flexibility index (Phi) is 4.81. The number of nitrogens with two attached hydrogens (primary N) is 1. The molecule has 3 nitrogen and oxygen atoms in total. The number of rotatable bonds is 3. The van der Waals surface area contributed by atoms with Crippen LogP contribution < -0.4 is 11.1 Å². The molecule has 0 saturated carbocycles. The standard InChI is InChI=1S/C16H12F6N2O/c17-15(18,19)11-6-8-12(9-7-11)24-13(25)14(23,16(20,21)22)10-4-2-1-3-5-10/h1-9H,23H2,(H,24,25). The predicted octanol–water partition coefficient (Wildman–Crippen LogP) is 4.06. The number of hydrogen-bond donors (Lipinski definition) is 2. The molecule has 1 amide bonds. The monoisotopic (exact) mass is 362 g/mol. The van der Waals surface area contributed by atoms with E-state index in [2.05, 4.69) is 0 Å². The minimum atomic E-state index is -5.12. The molecule has 0 fully saturated rings. The molecule has 0 aliphatic heterocycles. The van der Waals surface area contributed by atoms with Gasteiger partial charge in [-0.05, 0) is 29.8 Å². The van der Waals surface area contributed by atoms with Gasteiger partial charge in [0, 0.05) is 5.69 Å². The van der Waals surface area contributed by atoms with E-state index in [1.165, 1.54) is 18.2 Å². The molecule has 1 unspecified atom stereocenters. The van der Waals surface area contributed by atoms with Crippen molar-refractivity contribution in [1.82, 2.24) is 0 Å². The summed E-state index contributed by atoms with van der Waals surface area (Å²) in [6, 6.07) is 9.09. The number of carbonyl (C=O) groups excluding carboxylic acids is 1. The fourth-order valence-corrected chi connectivity index (χ4v) is 2.10. The van der Waals surface area contributed by atoms with Gasteiger partial charge >= 0.3 is 12.4 Å². The van der Waals surface area contributed by atoms with E-state index in [4.69, 9.17) is 5.73 Å². The Labute approximate surface area is 138 Å². The summed E-state index contributed by atoms with van der Waals surface area (Å²) in [6.07, 6.45) is -9.72. The summed E-state index contributed by atoms with van der Waals surface area (Å²) in [5.74, 6) is -1.61. The Morgan fingerprint density at radius 1 is 0.800 bits per heavy atom. The first kappa shape index (κ1) is 18.8. The van der Waals surface area contributed by atoms with Crippen molar-refractivity contribution >= 4 is 11.6 Å². The fraction of sp³-hybridized carbons (Fsp3) is 0.188. The number of benzene rings is 2. The molecule has 2 rings (SSSR count). The van der Waals surface area contributed by atoms with Crippen LogP contribution in [0.3, 0.4) is 0 Å². The maximum absolute atomic E-state index is 13.4. The second kappa shape index (κ2) is 6.40. The molecule has 0 saturated heterocycles. The van der Waals surface area contributed by atoms with Gasteiger partial charge in [0.1, 0.15) is 0 Å².